The Labute approximate surface area is 463 Å². The summed E-state index contributed by atoms with van der Waals surface area (Å²) in [5.41, 5.74) is 13.0. The molecule has 4 aromatic carbocycles. The molecule has 2 saturated heterocycles. The molecule has 0 atom stereocenters. The molecule has 77 heavy (non-hydrogen) atoms. The van der Waals surface area contributed by atoms with E-state index in [9.17, 15) is 19.2 Å². The zero-order chi connectivity index (χ0) is 54.6. The highest BCUT2D eigenvalue weighted by atomic mass is 127. The number of halogens is 1. The number of carbonyl (C=O) groups excluding carboxylic acids is 2. The number of terminal acetylenes is 1. The first-order valence-electron chi connectivity index (χ1n) is 25.5. The van der Waals surface area contributed by atoms with Crippen molar-refractivity contribution in [2.24, 2.45) is 0 Å². The average molecular weight is 1140 g/mol. The van der Waals surface area contributed by atoms with Crippen LogP contribution < -0.4 is 21.8 Å². The van der Waals surface area contributed by atoms with Crippen LogP contribution in [0.5, 0.6) is 0 Å². The number of H-pyrrole nitrogens is 2. The molecule has 0 bridgehead atoms. The van der Waals surface area contributed by atoms with Crippen LogP contribution in [-0.2, 0) is 13.1 Å². The van der Waals surface area contributed by atoms with Gasteiger partial charge in [0.2, 0.25) is 11.1 Å². The Kier molecular flexibility index (Phi) is 18.6. The second kappa shape index (κ2) is 25.8. The highest BCUT2D eigenvalue weighted by Crippen LogP contribution is 2.22. The van der Waals surface area contributed by atoms with E-state index in [-0.39, 0.29) is 22.9 Å². The number of piperazine rings is 2. The molecule has 15 heteroatoms. The van der Waals surface area contributed by atoms with Crippen LogP contribution in [0.2, 0.25) is 0 Å². The van der Waals surface area contributed by atoms with E-state index in [2.05, 4.69) is 138 Å². The Bertz CT molecular complexity index is 3690. The van der Waals surface area contributed by atoms with Crippen molar-refractivity contribution in [3.05, 3.63) is 207 Å². The van der Waals surface area contributed by atoms with E-state index in [1.807, 2.05) is 73.7 Å². The molecule has 0 spiro atoms. The number of fused-ring (bicyclic) bond motifs is 2. The van der Waals surface area contributed by atoms with Crippen LogP contribution >= 0.6 is 22.6 Å². The number of benzene rings is 4. The van der Waals surface area contributed by atoms with E-state index in [0.717, 1.165) is 108 Å². The number of pyridine rings is 4. The number of aryl methyl sites for hydroxylation is 4. The zero-order valence-corrected chi connectivity index (χ0v) is 46.5. The van der Waals surface area contributed by atoms with Crippen LogP contribution in [0.3, 0.4) is 0 Å². The molecular weight excluding hydrogens is 1080 g/mol. The molecule has 2 aliphatic rings. The quantitative estimate of drug-likeness (QED) is 0.0856. The van der Waals surface area contributed by atoms with Gasteiger partial charge in [-0.15, -0.1) is 6.42 Å². The van der Waals surface area contributed by atoms with E-state index >= 15 is 0 Å². The number of hydrogen-bond acceptors (Lipinski definition) is 10. The Balaban J connectivity index is 0.000000172. The molecule has 392 valence electrons. The molecule has 4 aromatic heterocycles. The maximum absolute atomic E-state index is 13.0. The average Bonchev–Trinajstić information content (AvgIpc) is 3.42. The topological polar surface area (TPSA) is 163 Å². The Hall–Kier alpha value is -7.77. The molecular formula is C62H63IN10O4. The van der Waals surface area contributed by atoms with Crippen LogP contribution in [0.15, 0.2) is 131 Å². The second-order valence-corrected chi connectivity index (χ2v) is 20.9. The number of aromatic nitrogens is 4. The minimum Gasteiger partial charge on any atom is -0.322 e. The van der Waals surface area contributed by atoms with Crippen LogP contribution in [0, 0.1) is 55.4 Å². The molecule has 2 fully saturated rings. The van der Waals surface area contributed by atoms with Crippen molar-refractivity contribution >= 4 is 67.8 Å². The van der Waals surface area contributed by atoms with E-state index in [1.165, 1.54) is 34.4 Å². The number of likely N-dealkylation sites (N-methyl/N-ethyl adjacent to an activating group) is 2. The number of anilines is 2. The van der Waals surface area contributed by atoms with Gasteiger partial charge in [-0.05, 0) is 171 Å². The lowest BCUT2D eigenvalue weighted by atomic mass is 10.0. The Morgan fingerprint density at radius 3 is 1.51 bits per heavy atom. The van der Waals surface area contributed by atoms with E-state index in [4.69, 9.17) is 6.42 Å². The van der Waals surface area contributed by atoms with E-state index < -0.39 is 0 Å². The van der Waals surface area contributed by atoms with Gasteiger partial charge in [0, 0.05) is 144 Å². The van der Waals surface area contributed by atoms with Crippen LogP contribution in [0.4, 0.5) is 11.4 Å². The summed E-state index contributed by atoms with van der Waals surface area (Å²) in [6, 6.07) is 33.7. The third-order valence-corrected chi connectivity index (χ3v) is 14.9. The first-order valence-corrected chi connectivity index (χ1v) is 26.6. The number of nitrogens with zero attached hydrogens (tertiary/aromatic N) is 6. The molecule has 10 rings (SSSR count). The second-order valence-electron chi connectivity index (χ2n) is 19.7. The lowest BCUT2D eigenvalue weighted by Gasteiger charge is -2.32. The van der Waals surface area contributed by atoms with Crippen LogP contribution in [0.25, 0.3) is 22.1 Å². The van der Waals surface area contributed by atoms with Gasteiger partial charge in [-0.25, -0.2) is 9.97 Å². The van der Waals surface area contributed by atoms with Crippen LogP contribution in [0.1, 0.15) is 70.8 Å². The first-order chi connectivity index (χ1) is 37.0. The Morgan fingerprint density at radius 2 is 1.03 bits per heavy atom. The number of hydrogen-bond donors (Lipinski definition) is 4. The van der Waals surface area contributed by atoms with Crippen molar-refractivity contribution in [2.45, 2.75) is 40.8 Å². The maximum atomic E-state index is 13.0. The molecule has 4 N–H and O–H groups in total. The zero-order valence-electron chi connectivity index (χ0n) is 44.4. The molecule has 0 saturated carbocycles. The van der Waals surface area contributed by atoms with Crippen molar-refractivity contribution in [3.63, 3.8) is 0 Å². The summed E-state index contributed by atoms with van der Waals surface area (Å²) < 4.78 is 1.15. The predicted molar refractivity (Wildman–Crippen MR) is 318 cm³/mol. The summed E-state index contributed by atoms with van der Waals surface area (Å²) >= 11 is 2.29. The lowest BCUT2D eigenvalue weighted by molar-refractivity contribution is 0.101. The summed E-state index contributed by atoms with van der Waals surface area (Å²) in [7, 11) is 4.33. The maximum Gasteiger partial charge on any atom is 0.255 e. The number of amides is 2. The molecule has 2 amide bonds. The van der Waals surface area contributed by atoms with Gasteiger partial charge in [0.05, 0.1) is 0 Å². The van der Waals surface area contributed by atoms with Crippen LogP contribution in [-0.4, -0.2) is 118 Å². The van der Waals surface area contributed by atoms with Gasteiger partial charge in [0.25, 0.3) is 11.8 Å². The monoisotopic (exact) mass is 1140 g/mol. The Morgan fingerprint density at radius 1 is 0.558 bits per heavy atom. The summed E-state index contributed by atoms with van der Waals surface area (Å²) in [5.74, 6) is 8.62. The van der Waals surface area contributed by atoms with Crippen molar-refractivity contribution in [1.29, 1.82) is 0 Å². The number of nitrogens with one attached hydrogen (secondary N) is 4. The summed E-state index contributed by atoms with van der Waals surface area (Å²) in [6.07, 6.45) is 8.40. The first kappa shape index (κ1) is 55.5. The predicted octanol–water partition coefficient (Wildman–Crippen LogP) is 8.75. The summed E-state index contributed by atoms with van der Waals surface area (Å²) in [6.45, 7) is 18.8. The minimum atomic E-state index is -0.185. The highest BCUT2D eigenvalue weighted by molar-refractivity contribution is 14.1. The van der Waals surface area contributed by atoms with Gasteiger partial charge >= 0.3 is 0 Å². The lowest BCUT2D eigenvalue weighted by Crippen LogP contribution is -2.43. The van der Waals surface area contributed by atoms with Gasteiger partial charge in [0.1, 0.15) is 11.3 Å². The molecule has 2 aliphatic heterocycles. The normalized spacial score (nSPS) is 14.0. The molecule has 6 heterocycles. The van der Waals surface area contributed by atoms with Gasteiger partial charge < -0.3 is 30.4 Å². The summed E-state index contributed by atoms with van der Waals surface area (Å²) in [5, 5.41) is 7.68. The fourth-order valence-electron chi connectivity index (χ4n) is 8.80. The molecule has 0 aliphatic carbocycles. The van der Waals surface area contributed by atoms with E-state index in [1.54, 1.807) is 30.6 Å². The van der Waals surface area contributed by atoms with Crippen molar-refractivity contribution < 1.29 is 9.59 Å². The smallest absolute Gasteiger partial charge is 0.255 e. The molecule has 0 radical (unpaired) electrons. The number of aromatic amines is 2. The number of carbonyl (C=O) groups is 2. The molecule has 8 aromatic rings. The largest absolute Gasteiger partial charge is 0.322 e. The van der Waals surface area contributed by atoms with Gasteiger partial charge in [-0.2, -0.15) is 0 Å². The fourth-order valence-corrected chi connectivity index (χ4v) is 9.31. The fraction of sp³-hybridized carbons (Fsp3) is 0.258. The third kappa shape index (κ3) is 15.4. The van der Waals surface area contributed by atoms with Crippen molar-refractivity contribution in [1.82, 2.24) is 39.5 Å². The summed E-state index contributed by atoms with van der Waals surface area (Å²) in [4.78, 5) is 71.3. The van der Waals surface area contributed by atoms with E-state index in [0.29, 0.717) is 33.7 Å². The minimum absolute atomic E-state index is 0.0566. The standard InChI is InChI=1S/C31H31N5O2.C21H26IN3O.C10H6N2O/c1-21-4-10-28(18-24(21)6-5-23-17-25-9-11-29(37)34-30(25)32-19-23)33-31(38)26-7-8-27(22(2)16-26)20-36-14-12-35(3)13-15-36;1-15-4-7-19(13-20(15)22)23-21(26)17-5-6-18(16(2)12-17)14-25-10-8-24(3)9-11-25;1-2-7-5-8-3-4-9(13)12-10(8)11-6-7/h4,7-11,16-19H,12-15,20H2,1-3H3,(H,33,38)(H,32,34,37);4-7,12-13H,8-11,14H2,1-3H3,(H,23,26);1,3-6H,(H,11,12,13). The van der Waals surface area contributed by atoms with Crippen molar-refractivity contribution in [2.75, 3.05) is 77.1 Å². The van der Waals surface area contributed by atoms with Gasteiger partial charge in [0.15, 0.2) is 0 Å². The molecule has 0 unspecified atom stereocenters. The number of rotatable bonds is 8. The van der Waals surface area contributed by atoms with Crippen molar-refractivity contribution in [3.8, 4) is 24.2 Å². The molecule has 14 nitrogen and oxygen atoms in total. The van der Waals surface area contributed by atoms with Gasteiger partial charge in [-0.3, -0.25) is 29.0 Å². The SMILES string of the molecule is C#Cc1cnc2[nH]c(=O)ccc2c1.Cc1ccc(NC(=O)c2ccc(CN3CCN(C)CC3)c(C)c2)cc1C#Cc1cnc2[nH]c(=O)ccc2c1.Cc1ccc(NC(=O)c2ccc(CN3CCN(C)CC3)c(C)c2)cc1I. The third-order valence-electron chi connectivity index (χ3n) is 13.8. The highest BCUT2D eigenvalue weighted by Gasteiger charge is 2.18. The van der Waals surface area contributed by atoms with Gasteiger partial charge in [-0.1, -0.05) is 42.0 Å².